The van der Waals surface area contributed by atoms with Gasteiger partial charge in [0.1, 0.15) is 0 Å². The Morgan fingerprint density at radius 2 is 2.07 bits per heavy atom. The first kappa shape index (κ1) is 9.90. The number of rotatable bonds is 3. The predicted molar refractivity (Wildman–Crippen MR) is 60.7 cm³/mol. The van der Waals surface area contributed by atoms with E-state index in [1.54, 1.807) is 0 Å². The highest BCUT2D eigenvalue weighted by molar-refractivity contribution is 5.55. The molecule has 2 rings (SSSR count). The molecule has 80 valence electrons. The van der Waals surface area contributed by atoms with Gasteiger partial charge in [-0.3, -0.25) is 0 Å². The van der Waals surface area contributed by atoms with Gasteiger partial charge < -0.3 is 14.8 Å². The fourth-order valence-electron chi connectivity index (χ4n) is 1.46. The summed E-state index contributed by atoms with van der Waals surface area (Å²) >= 11 is 0. The van der Waals surface area contributed by atoms with Gasteiger partial charge in [0, 0.05) is 24.7 Å². The largest absolute Gasteiger partial charge is 0.490 e. The van der Waals surface area contributed by atoms with Crippen molar-refractivity contribution in [2.75, 3.05) is 25.1 Å². The maximum atomic E-state index is 5.58. The van der Waals surface area contributed by atoms with Crippen molar-refractivity contribution < 1.29 is 9.47 Å². The van der Waals surface area contributed by atoms with Crippen LogP contribution in [0.4, 0.5) is 5.69 Å². The highest BCUT2D eigenvalue weighted by Gasteiger charge is 2.09. The first-order valence-corrected chi connectivity index (χ1v) is 5.14. The second kappa shape index (κ2) is 4.73. The average Bonchev–Trinajstić information content (AvgIpc) is 2.50. The molecule has 0 amide bonds. The smallest absolute Gasteiger partial charge is 0.163 e. The van der Waals surface area contributed by atoms with Gasteiger partial charge in [-0.25, -0.2) is 0 Å². The van der Waals surface area contributed by atoms with Crippen molar-refractivity contribution in [1.82, 2.24) is 0 Å². The van der Waals surface area contributed by atoms with E-state index in [1.807, 2.05) is 24.3 Å². The first-order chi connectivity index (χ1) is 7.40. The summed E-state index contributed by atoms with van der Waals surface area (Å²) in [5, 5.41) is 3.21. The van der Waals surface area contributed by atoms with E-state index in [0.717, 1.165) is 43.4 Å². The van der Waals surface area contributed by atoms with Crippen LogP contribution in [0.15, 0.2) is 30.9 Å². The van der Waals surface area contributed by atoms with Gasteiger partial charge in [-0.15, -0.1) is 6.58 Å². The molecule has 0 spiro atoms. The molecule has 0 aromatic heterocycles. The monoisotopic (exact) mass is 205 g/mol. The molecule has 1 aromatic carbocycles. The van der Waals surface area contributed by atoms with Crippen molar-refractivity contribution in [2.24, 2.45) is 0 Å². The van der Waals surface area contributed by atoms with Crippen LogP contribution in [0.2, 0.25) is 0 Å². The minimum Gasteiger partial charge on any atom is -0.490 e. The molecule has 1 heterocycles. The van der Waals surface area contributed by atoms with Gasteiger partial charge in [0.15, 0.2) is 11.5 Å². The first-order valence-electron chi connectivity index (χ1n) is 5.14. The van der Waals surface area contributed by atoms with Crippen LogP contribution in [0.3, 0.4) is 0 Å². The molecule has 0 saturated heterocycles. The molecule has 15 heavy (non-hydrogen) atoms. The summed E-state index contributed by atoms with van der Waals surface area (Å²) < 4.78 is 11.1. The number of ether oxygens (including phenoxy) is 2. The third kappa shape index (κ3) is 2.43. The quantitative estimate of drug-likeness (QED) is 0.769. The topological polar surface area (TPSA) is 30.5 Å². The van der Waals surface area contributed by atoms with Crippen LogP contribution < -0.4 is 14.8 Å². The van der Waals surface area contributed by atoms with Gasteiger partial charge in [0.05, 0.1) is 13.2 Å². The number of anilines is 1. The highest BCUT2D eigenvalue weighted by Crippen LogP contribution is 2.32. The average molecular weight is 205 g/mol. The molecule has 0 aliphatic carbocycles. The van der Waals surface area contributed by atoms with Crippen molar-refractivity contribution in [3.63, 3.8) is 0 Å². The minimum absolute atomic E-state index is 0.720. The Hall–Kier alpha value is -1.64. The van der Waals surface area contributed by atoms with E-state index >= 15 is 0 Å². The van der Waals surface area contributed by atoms with Crippen LogP contribution in [0, 0.1) is 0 Å². The summed E-state index contributed by atoms with van der Waals surface area (Å²) in [6.45, 7) is 5.86. The lowest BCUT2D eigenvalue weighted by Gasteiger charge is -2.09. The summed E-state index contributed by atoms with van der Waals surface area (Å²) in [5.74, 6) is 1.65. The molecule has 0 saturated carbocycles. The lowest BCUT2D eigenvalue weighted by Crippen LogP contribution is -1.99. The second-order valence-corrected chi connectivity index (χ2v) is 3.38. The molecule has 1 aliphatic rings. The fourth-order valence-corrected chi connectivity index (χ4v) is 1.46. The van der Waals surface area contributed by atoms with Crippen molar-refractivity contribution in [3.05, 3.63) is 30.9 Å². The molecule has 1 aromatic rings. The number of fused-ring (bicyclic) bond motifs is 1. The molecular formula is C12H15NO2. The Kier molecular flexibility index (Phi) is 3.12. The van der Waals surface area contributed by atoms with Gasteiger partial charge >= 0.3 is 0 Å². The summed E-state index contributed by atoms with van der Waals surface area (Å²) in [6.07, 6.45) is 2.76. The standard InChI is InChI=1S/C12H15NO2/c1-2-6-13-10-4-5-11-12(9-10)15-8-3-7-14-11/h2,4-5,9,13H,1,3,6-8H2. The Morgan fingerprint density at radius 3 is 2.87 bits per heavy atom. The normalized spacial score (nSPS) is 14.1. The number of benzene rings is 1. The Labute approximate surface area is 89.7 Å². The lowest BCUT2D eigenvalue weighted by molar-refractivity contribution is 0.297. The van der Waals surface area contributed by atoms with Crippen molar-refractivity contribution in [1.29, 1.82) is 0 Å². The molecule has 0 bridgehead atoms. The zero-order valence-corrected chi connectivity index (χ0v) is 8.66. The van der Waals surface area contributed by atoms with E-state index in [9.17, 15) is 0 Å². The Bertz CT molecular complexity index is 349. The molecule has 0 fully saturated rings. The molecule has 3 heteroatoms. The van der Waals surface area contributed by atoms with E-state index in [1.165, 1.54) is 0 Å². The van der Waals surface area contributed by atoms with E-state index in [0.29, 0.717) is 0 Å². The second-order valence-electron chi connectivity index (χ2n) is 3.38. The van der Waals surface area contributed by atoms with Crippen LogP contribution >= 0.6 is 0 Å². The number of hydrogen-bond acceptors (Lipinski definition) is 3. The van der Waals surface area contributed by atoms with Gasteiger partial charge in [-0.2, -0.15) is 0 Å². The van der Waals surface area contributed by atoms with Crippen molar-refractivity contribution in [2.45, 2.75) is 6.42 Å². The zero-order valence-electron chi connectivity index (χ0n) is 8.66. The highest BCUT2D eigenvalue weighted by atomic mass is 16.5. The van der Waals surface area contributed by atoms with Crippen LogP contribution in [0.1, 0.15) is 6.42 Å². The zero-order chi connectivity index (χ0) is 10.5. The fraction of sp³-hybridized carbons (Fsp3) is 0.333. The van der Waals surface area contributed by atoms with Gasteiger partial charge in [-0.1, -0.05) is 6.08 Å². The van der Waals surface area contributed by atoms with Gasteiger partial charge in [0.25, 0.3) is 0 Å². The van der Waals surface area contributed by atoms with Crippen LogP contribution in [0.5, 0.6) is 11.5 Å². The van der Waals surface area contributed by atoms with Crippen LogP contribution in [0.25, 0.3) is 0 Å². The molecule has 3 nitrogen and oxygen atoms in total. The minimum atomic E-state index is 0.720. The third-order valence-corrected chi connectivity index (χ3v) is 2.20. The number of nitrogens with one attached hydrogen (secondary N) is 1. The van der Waals surface area contributed by atoms with Crippen LogP contribution in [-0.2, 0) is 0 Å². The maximum absolute atomic E-state index is 5.58. The summed E-state index contributed by atoms with van der Waals surface area (Å²) in [4.78, 5) is 0. The predicted octanol–water partition coefficient (Wildman–Crippen LogP) is 2.45. The molecule has 1 N–H and O–H groups in total. The Balaban J connectivity index is 2.16. The van der Waals surface area contributed by atoms with Crippen molar-refractivity contribution >= 4 is 5.69 Å². The Morgan fingerprint density at radius 1 is 1.27 bits per heavy atom. The molecule has 0 radical (unpaired) electrons. The summed E-state index contributed by atoms with van der Waals surface area (Å²) in [6, 6.07) is 5.88. The summed E-state index contributed by atoms with van der Waals surface area (Å²) in [7, 11) is 0. The van der Waals surface area contributed by atoms with Crippen molar-refractivity contribution in [3.8, 4) is 11.5 Å². The molecular weight excluding hydrogens is 190 g/mol. The van der Waals surface area contributed by atoms with Gasteiger partial charge in [-0.05, 0) is 12.1 Å². The molecule has 0 atom stereocenters. The van der Waals surface area contributed by atoms with E-state index in [4.69, 9.17) is 9.47 Å². The molecule has 0 unspecified atom stereocenters. The van der Waals surface area contributed by atoms with Gasteiger partial charge in [0.2, 0.25) is 0 Å². The van der Waals surface area contributed by atoms with Crippen LogP contribution in [-0.4, -0.2) is 19.8 Å². The summed E-state index contributed by atoms with van der Waals surface area (Å²) in [5.41, 5.74) is 1.03. The van der Waals surface area contributed by atoms with E-state index < -0.39 is 0 Å². The third-order valence-electron chi connectivity index (χ3n) is 2.20. The maximum Gasteiger partial charge on any atom is 0.163 e. The molecule has 1 aliphatic heterocycles. The van der Waals surface area contributed by atoms with E-state index in [-0.39, 0.29) is 0 Å². The SMILES string of the molecule is C=CCNc1ccc2c(c1)OCCCO2. The lowest BCUT2D eigenvalue weighted by atomic mass is 10.2. The van der Waals surface area contributed by atoms with E-state index in [2.05, 4.69) is 11.9 Å². The number of hydrogen-bond donors (Lipinski definition) is 1.